The maximum atomic E-state index is 15.1. The molecule has 10 nitrogen and oxygen atoms in total. The smallest absolute Gasteiger partial charge is 0.331 e. The molecular weight excluding hydrogens is 538 g/mol. The van der Waals surface area contributed by atoms with E-state index in [1.165, 1.54) is 56.6 Å². The fourth-order valence-electron chi connectivity index (χ4n) is 4.42. The Bertz CT molecular complexity index is 1660. The molecule has 0 bridgehead atoms. The third-order valence-electron chi connectivity index (χ3n) is 6.53. The molecule has 0 spiro atoms. The van der Waals surface area contributed by atoms with Gasteiger partial charge >= 0.3 is 6.03 Å². The van der Waals surface area contributed by atoms with E-state index < -0.39 is 35.4 Å². The molecule has 0 saturated carbocycles. The Morgan fingerprint density at radius 2 is 1.66 bits per heavy atom. The van der Waals surface area contributed by atoms with Crippen molar-refractivity contribution in [3.8, 4) is 23.0 Å². The first-order chi connectivity index (χ1) is 19.7. The number of pyridine rings is 1. The first-order valence-corrected chi connectivity index (χ1v) is 12.3. The van der Waals surface area contributed by atoms with Crippen molar-refractivity contribution in [2.75, 3.05) is 38.0 Å². The summed E-state index contributed by atoms with van der Waals surface area (Å²) in [7, 11) is 4.43. The number of imide groups is 1. The number of carbonyl (C=O) groups is 3. The summed E-state index contributed by atoms with van der Waals surface area (Å²) in [6.07, 6.45) is 1.53. The van der Waals surface area contributed by atoms with E-state index in [0.717, 1.165) is 23.1 Å². The monoisotopic (exact) mass is 562 g/mol. The fraction of sp³-hybridized carbons (Fsp3) is 0.172. The molecule has 1 aliphatic heterocycles. The number of ether oxygens (including phenoxy) is 3. The normalized spacial score (nSPS) is 15.2. The molecule has 1 atom stereocenters. The first-order valence-electron chi connectivity index (χ1n) is 12.3. The molecule has 5 rings (SSSR count). The summed E-state index contributed by atoms with van der Waals surface area (Å²) in [4.78, 5) is 45.1. The number of rotatable bonds is 7. The molecule has 4 amide bonds. The third kappa shape index (κ3) is 5.31. The summed E-state index contributed by atoms with van der Waals surface area (Å²) in [6.45, 7) is -0.215. The zero-order chi connectivity index (χ0) is 29.3. The van der Waals surface area contributed by atoms with Crippen molar-refractivity contribution in [3.05, 3.63) is 78.5 Å². The minimum atomic E-state index is -1.33. The van der Waals surface area contributed by atoms with E-state index in [-0.39, 0.29) is 23.7 Å². The molecular formula is C29H24F2N4O6. The molecule has 3 aromatic carbocycles. The highest BCUT2D eigenvalue weighted by Gasteiger charge is 2.42. The molecule has 0 aliphatic carbocycles. The standard InChI is InChI=1S/C29H24F2N4O6/c1-34-15-20(28(37)35(29(34)38)17-6-4-16(30)5-7-17)27(36)33-22-9-8-18(12-21(22)31)41-24-10-11-32-23-14-26(40-3)25(39-2)13-19(23)24/h4-14,20H,15H2,1-3H3,(H,33,36). The molecule has 2 heterocycles. The Morgan fingerprint density at radius 3 is 2.34 bits per heavy atom. The zero-order valence-electron chi connectivity index (χ0n) is 22.2. The Hall–Kier alpha value is -5.26. The minimum absolute atomic E-state index is 0.109. The number of urea groups is 1. The lowest BCUT2D eigenvalue weighted by atomic mass is 10.0. The van der Waals surface area contributed by atoms with Crippen molar-refractivity contribution in [2.45, 2.75) is 0 Å². The van der Waals surface area contributed by atoms with E-state index in [1.807, 2.05) is 0 Å². The number of hydrogen-bond acceptors (Lipinski definition) is 7. The van der Waals surface area contributed by atoms with Crippen LogP contribution in [0.4, 0.5) is 25.0 Å². The van der Waals surface area contributed by atoms with Gasteiger partial charge in [-0.15, -0.1) is 0 Å². The predicted molar refractivity (Wildman–Crippen MR) is 145 cm³/mol. The van der Waals surface area contributed by atoms with Crippen LogP contribution in [0.5, 0.6) is 23.0 Å². The number of fused-ring (bicyclic) bond motifs is 1. The number of nitrogens with zero attached hydrogens (tertiary/aromatic N) is 3. The molecule has 1 saturated heterocycles. The highest BCUT2D eigenvalue weighted by molar-refractivity contribution is 6.23. The Labute approximate surface area is 233 Å². The van der Waals surface area contributed by atoms with Gasteiger partial charge in [0.05, 0.1) is 31.1 Å². The van der Waals surface area contributed by atoms with E-state index in [9.17, 15) is 18.8 Å². The van der Waals surface area contributed by atoms with Crippen molar-refractivity contribution >= 4 is 40.1 Å². The number of methoxy groups -OCH3 is 2. The highest BCUT2D eigenvalue weighted by Crippen LogP contribution is 2.37. The van der Waals surface area contributed by atoms with Crippen LogP contribution in [0.25, 0.3) is 10.9 Å². The van der Waals surface area contributed by atoms with Crippen molar-refractivity contribution < 1.29 is 37.4 Å². The molecule has 1 fully saturated rings. The van der Waals surface area contributed by atoms with Gasteiger partial charge in [0.1, 0.15) is 29.1 Å². The number of nitrogens with one attached hydrogen (secondary N) is 1. The van der Waals surface area contributed by atoms with Crippen LogP contribution in [0.1, 0.15) is 0 Å². The summed E-state index contributed by atoms with van der Waals surface area (Å²) in [5, 5.41) is 3.02. The lowest BCUT2D eigenvalue weighted by Gasteiger charge is -2.35. The van der Waals surface area contributed by atoms with Crippen LogP contribution in [0.15, 0.2) is 66.9 Å². The second-order valence-corrected chi connectivity index (χ2v) is 9.13. The maximum Gasteiger partial charge on any atom is 0.331 e. The first kappa shape index (κ1) is 27.3. The average molecular weight is 563 g/mol. The van der Waals surface area contributed by atoms with Crippen molar-refractivity contribution in [2.24, 2.45) is 5.92 Å². The number of hydrogen-bond donors (Lipinski definition) is 1. The van der Waals surface area contributed by atoms with Gasteiger partial charge in [-0.3, -0.25) is 14.6 Å². The largest absolute Gasteiger partial charge is 0.493 e. The lowest BCUT2D eigenvalue weighted by Crippen LogP contribution is -2.58. The van der Waals surface area contributed by atoms with Gasteiger partial charge < -0.3 is 24.4 Å². The average Bonchev–Trinajstić information content (AvgIpc) is 2.96. The summed E-state index contributed by atoms with van der Waals surface area (Å²) in [6, 6.07) is 12.9. The van der Waals surface area contributed by atoms with Crippen LogP contribution in [-0.4, -0.2) is 55.5 Å². The maximum absolute atomic E-state index is 15.1. The van der Waals surface area contributed by atoms with Crippen LogP contribution in [0.3, 0.4) is 0 Å². The van der Waals surface area contributed by atoms with E-state index >= 15 is 4.39 Å². The van der Waals surface area contributed by atoms with Gasteiger partial charge in [-0.1, -0.05) is 0 Å². The van der Waals surface area contributed by atoms with Gasteiger partial charge in [-0.2, -0.15) is 0 Å². The van der Waals surface area contributed by atoms with E-state index in [2.05, 4.69) is 10.3 Å². The highest BCUT2D eigenvalue weighted by atomic mass is 19.1. The Balaban J connectivity index is 1.35. The van der Waals surface area contributed by atoms with Gasteiger partial charge in [0, 0.05) is 37.3 Å². The third-order valence-corrected chi connectivity index (χ3v) is 6.53. The second-order valence-electron chi connectivity index (χ2n) is 9.13. The van der Waals surface area contributed by atoms with Crippen molar-refractivity contribution in [3.63, 3.8) is 0 Å². The lowest BCUT2D eigenvalue weighted by molar-refractivity contribution is -0.131. The van der Waals surface area contributed by atoms with Gasteiger partial charge in [0.15, 0.2) is 11.5 Å². The minimum Gasteiger partial charge on any atom is -0.493 e. The molecule has 0 radical (unpaired) electrons. The molecule has 4 aromatic rings. The van der Waals surface area contributed by atoms with Gasteiger partial charge in [-0.05, 0) is 48.5 Å². The number of anilines is 2. The molecule has 1 unspecified atom stereocenters. The summed E-state index contributed by atoms with van der Waals surface area (Å²) in [5.74, 6) is -2.83. The molecule has 41 heavy (non-hydrogen) atoms. The summed E-state index contributed by atoms with van der Waals surface area (Å²) >= 11 is 0. The number of halogens is 2. The number of amides is 4. The van der Waals surface area contributed by atoms with Gasteiger partial charge in [0.25, 0.3) is 0 Å². The number of aromatic nitrogens is 1. The SMILES string of the molecule is COc1cc2nccc(Oc3ccc(NC(=O)C4CN(C)C(=O)N(c5ccc(F)cc5)C4=O)c(F)c3)c2cc1OC. The van der Waals surface area contributed by atoms with E-state index in [1.54, 1.807) is 18.2 Å². The van der Waals surface area contributed by atoms with Crippen LogP contribution in [0, 0.1) is 17.6 Å². The Kier molecular flexibility index (Phi) is 7.38. The summed E-state index contributed by atoms with van der Waals surface area (Å²) < 4.78 is 45.0. The van der Waals surface area contributed by atoms with Crippen LogP contribution >= 0.6 is 0 Å². The summed E-state index contributed by atoms with van der Waals surface area (Å²) in [5.41, 5.74) is 0.493. The molecule has 210 valence electrons. The quantitative estimate of drug-likeness (QED) is 0.317. The molecule has 1 N–H and O–H groups in total. The van der Waals surface area contributed by atoms with Crippen molar-refractivity contribution in [1.82, 2.24) is 9.88 Å². The zero-order valence-corrected chi connectivity index (χ0v) is 22.2. The molecule has 1 aliphatic rings. The van der Waals surface area contributed by atoms with Gasteiger partial charge in [-0.25, -0.2) is 18.5 Å². The topological polar surface area (TPSA) is 110 Å². The predicted octanol–water partition coefficient (Wildman–Crippen LogP) is 4.98. The van der Waals surface area contributed by atoms with Crippen molar-refractivity contribution in [1.29, 1.82) is 0 Å². The van der Waals surface area contributed by atoms with E-state index in [4.69, 9.17) is 14.2 Å². The molecule has 12 heteroatoms. The second kappa shape index (κ2) is 11.1. The number of carbonyl (C=O) groups excluding carboxylic acids is 3. The van der Waals surface area contributed by atoms with Crippen LogP contribution in [0.2, 0.25) is 0 Å². The molecule has 1 aromatic heterocycles. The van der Waals surface area contributed by atoms with E-state index in [0.29, 0.717) is 28.2 Å². The van der Waals surface area contributed by atoms with Gasteiger partial charge in [0.2, 0.25) is 11.8 Å². The Morgan fingerprint density at radius 1 is 0.951 bits per heavy atom. The number of benzene rings is 3. The van der Waals surface area contributed by atoms with Crippen LogP contribution in [-0.2, 0) is 9.59 Å². The fourth-order valence-corrected chi connectivity index (χ4v) is 4.42. The van der Waals surface area contributed by atoms with Crippen LogP contribution < -0.4 is 24.4 Å².